The van der Waals surface area contributed by atoms with Crippen LogP contribution in [0.25, 0.3) is 0 Å². The highest BCUT2D eigenvalue weighted by Gasteiger charge is 2.18. The van der Waals surface area contributed by atoms with Gasteiger partial charge in [-0.25, -0.2) is 4.99 Å². The third kappa shape index (κ3) is 8.94. The van der Waals surface area contributed by atoms with Crippen LogP contribution >= 0.6 is 24.0 Å². The van der Waals surface area contributed by atoms with Crippen molar-refractivity contribution in [3.05, 3.63) is 35.4 Å². The van der Waals surface area contributed by atoms with Crippen molar-refractivity contribution in [2.24, 2.45) is 4.99 Å². The standard InChI is InChI=1S/C23H36N4O3.HI/c1-2-24-23(25-12-6-15-30-21-11-16-29-18-21)26-17-19-7-9-20(10-8-19)22(28)27-13-4-3-5-14-27;/h7-10,21H,2-6,11-18H2,1H3,(H2,24,25,26);1H. The minimum atomic E-state index is 0. The Labute approximate surface area is 203 Å². The van der Waals surface area contributed by atoms with E-state index >= 15 is 0 Å². The van der Waals surface area contributed by atoms with Crippen LogP contribution in [0.1, 0.15) is 54.9 Å². The third-order valence-electron chi connectivity index (χ3n) is 5.46. The van der Waals surface area contributed by atoms with Crippen molar-refractivity contribution in [1.29, 1.82) is 0 Å². The van der Waals surface area contributed by atoms with E-state index in [9.17, 15) is 4.79 Å². The molecule has 2 fully saturated rings. The van der Waals surface area contributed by atoms with E-state index < -0.39 is 0 Å². The zero-order valence-electron chi connectivity index (χ0n) is 18.6. The van der Waals surface area contributed by atoms with Crippen molar-refractivity contribution in [2.75, 3.05) is 46.0 Å². The molecule has 2 saturated heterocycles. The van der Waals surface area contributed by atoms with E-state index in [1.807, 2.05) is 29.2 Å². The quantitative estimate of drug-likeness (QED) is 0.216. The molecule has 2 heterocycles. The summed E-state index contributed by atoms with van der Waals surface area (Å²) in [4.78, 5) is 19.2. The molecule has 1 aromatic carbocycles. The molecule has 174 valence electrons. The second-order valence-corrected chi connectivity index (χ2v) is 7.88. The number of nitrogens with zero attached hydrogens (tertiary/aromatic N) is 2. The van der Waals surface area contributed by atoms with Crippen molar-refractivity contribution in [1.82, 2.24) is 15.5 Å². The smallest absolute Gasteiger partial charge is 0.253 e. The van der Waals surface area contributed by atoms with Gasteiger partial charge in [-0.05, 0) is 56.7 Å². The van der Waals surface area contributed by atoms with Crippen LogP contribution in [0.15, 0.2) is 29.3 Å². The number of benzene rings is 1. The Kier molecular flexibility index (Phi) is 12.2. The largest absolute Gasteiger partial charge is 0.379 e. The fourth-order valence-corrected chi connectivity index (χ4v) is 3.72. The fraction of sp³-hybridized carbons (Fsp3) is 0.652. The molecule has 2 aliphatic heterocycles. The number of likely N-dealkylation sites (tertiary alicyclic amines) is 1. The highest BCUT2D eigenvalue weighted by atomic mass is 127. The lowest BCUT2D eigenvalue weighted by Gasteiger charge is -2.26. The van der Waals surface area contributed by atoms with Gasteiger partial charge in [0.25, 0.3) is 5.91 Å². The summed E-state index contributed by atoms with van der Waals surface area (Å²) >= 11 is 0. The molecule has 0 bridgehead atoms. The van der Waals surface area contributed by atoms with Crippen molar-refractivity contribution < 1.29 is 14.3 Å². The van der Waals surface area contributed by atoms with Gasteiger partial charge in [-0.15, -0.1) is 24.0 Å². The zero-order valence-corrected chi connectivity index (χ0v) is 20.9. The maximum absolute atomic E-state index is 12.6. The number of aliphatic imine (C=N–C) groups is 1. The minimum Gasteiger partial charge on any atom is -0.379 e. The molecule has 31 heavy (non-hydrogen) atoms. The lowest BCUT2D eigenvalue weighted by Crippen LogP contribution is -2.38. The lowest BCUT2D eigenvalue weighted by atomic mass is 10.1. The number of nitrogens with one attached hydrogen (secondary N) is 2. The highest BCUT2D eigenvalue weighted by molar-refractivity contribution is 14.0. The number of guanidine groups is 1. The molecule has 1 atom stereocenters. The molecule has 1 unspecified atom stereocenters. The molecule has 0 saturated carbocycles. The van der Waals surface area contributed by atoms with Crippen LogP contribution in [0, 0.1) is 0 Å². The van der Waals surface area contributed by atoms with Crippen molar-refractivity contribution >= 4 is 35.8 Å². The van der Waals surface area contributed by atoms with E-state index in [-0.39, 0.29) is 36.0 Å². The van der Waals surface area contributed by atoms with E-state index in [4.69, 9.17) is 9.47 Å². The maximum atomic E-state index is 12.6. The molecule has 0 radical (unpaired) electrons. The predicted octanol–water partition coefficient (Wildman–Crippen LogP) is 3.18. The Hall–Kier alpha value is -1.39. The summed E-state index contributed by atoms with van der Waals surface area (Å²) in [7, 11) is 0. The van der Waals surface area contributed by atoms with Crippen LogP contribution in [0.2, 0.25) is 0 Å². The molecule has 2 aliphatic rings. The molecule has 8 heteroatoms. The first-order chi connectivity index (χ1) is 14.8. The van der Waals surface area contributed by atoms with Crippen molar-refractivity contribution in [3.8, 4) is 0 Å². The Bertz CT molecular complexity index is 672. The number of ether oxygens (including phenoxy) is 2. The first kappa shape index (κ1) is 25.9. The van der Waals surface area contributed by atoms with Crippen LogP contribution in [0.3, 0.4) is 0 Å². The van der Waals surface area contributed by atoms with E-state index in [1.54, 1.807) is 0 Å². The fourth-order valence-electron chi connectivity index (χ4n) is 3.72. The van der Waals surface area contributed by atoms with Gasteiger partial charge >= 0.3 is 0 Å². The van der Waals surface area contributed by atoms with Gasteiger partial charge in [0.15, 0.2) is 5.96 Å². The number of hydrogen-bond acceptors (Lipinski definition) is 4. The molecule has 3 rings (SSSR count). The van der Waals surface area contributed by atoms with Crippen LogP contribution in [0.5, 0.6) is 0 Å². The number of carbonyl (C=O) groups is 1. The SMILES string of the molecule is CCNC(=NCc1ccc(C(=O)N2CCCCC2)cc1)NCCCOC1CCOC1.I. The summed E-state index contributed by atoms with van der Waals surface area (Å²) < 4.78 is 11.1. The molecule has 7 nitrogen and oxygen atoms in total. The summed E-state index contributed by atoms with van der Waals surface area (Å²) in [5, 5.41) is 6.63. The van der Waals surface area contributed by atoms with Crippen molar-refractivity contribution in [2.45, 2.75) is 51.7 Å². The second-order valence-electron chi connectivity index (χ2n) is 7.88. The van der Waals surface area contributed by atoms with Gasteiger partial charge in [-0.3, -0.25) is 4.79 Å². The minimum absolute atomic E-state index is 0. The number of amides is 1. The number of carbonyl (C=O) groups excluding carboxylic acids is 1. The van der Waals surface area contributed by atoms with Gasteiger partial charge in [0.05, 0.1) is 19.3 Å². The Morgan fingerprint density at radius 1 is 1.19 bits per heavy atom. The molecule has 0 aromatic heterocycles. The Morgan fingerprint density at radius 3 is 2.65 bits per heavy atom. The molecule has 2 N–H and O–H groups in total. The van der Waals surface area contributed by atoms with Gasteiger partial charge in [-0.1, -0.05) is 12.1 Å². The van der Waals surface area contributed by atoms with Gasteiger partial charge in [-0.2, -0.15) is 0 Å². The van der Waals surface area contributed by atoms with Gasteiger partial charge in [0, 0.05) is 45.0 Å². The molecular weight excluding hydrogens is 507 g/mol. The summed E-state index contributed by atoms with van der Waals surface area (Å²) in [6.07, 6.45) is 5.64. The molecule has 0 aliphatic carbocycles. The number of piperidine rings is 1. The second kappa shape index (κ2) is 14.6. The van der Waals surface area contributed by atoms with Gasteiger partial charge in [0.2, 0.25) is 0 Å². The van der Waals surface area contributed by atoms with E-state index in [2.05, 4.69) is 22.5 Å². The highest BCUT2D eigenvalue weighted by Crippen LogP contribution is 2.14. The van der Waals surface area contributed by atoms with Crippen molar-refractivity contribution in [3.63, 3.8) is 0 Å². The van der Waals surface area contributed by atoms with Crippen LogP contribution in [-0.2, 0) is 16.0 Å². The monoisotopic (exact) mass is 544 g/mol. The third-order valence-corrected chi connectivity index (χ3v) is 5.46. The average molecular weight is 544 g/mol. The molecule has 0 spiro atoms. The average Bonchev–Trinajstić information content (AvgIpc) is 3.31. The summed E-state index contributed by atoms with van der Waals surface area (Å²) in [5.74, 6) is 0.946. The van der Waals surface area contributed by atoms with E-state index in [1.165, 1.54) is 6.42 Å². The zero-order chi connectivity index (χ0) is 21.0. The summed E-state index contributed by atoms with van der Waals surface area (Å²) in [5.41, 5.74) is 1.86. The van der Waals surface area contributed by atoms with E-state index in [0.717, 1.165) is 88.8 Å². The van der Waals surface area contributed by atoms with Crippen LogP contribution in [-0.4, -0.2) is 68.9 Å². The molecule has 1 amide bonds. The summed E-state index contributed by atoms with van der Waals surface area (Å²) in [6.45, 7) is 8.27. The number of halogens is 1. The summed E-state index contributed by atoms with van der Waals surface area (Å²) in [6, 6.07) is 7.85. The van der Waals surface area contributed by atoms with Gasteiger partial charge in [0.1, 0.15) is 0 Å². The normalized spacial score (nSPS) is 19.1. The Balaban J connectivity index is 0.00000341. The number of hydrogen-bond donors (Lipinski definition) is 2. The maximum Gasteiger partial charge on any atom is 0.253 e. The van der Waals surface area contributed by atoms with Gasteiger partial charge < -0.3 is 25.0 Å². The van der Waals surface area contributed by atoms with E-state index in [0.29, 0.717) is 6.54 Å². The first-order valence-corrected chi connectivity index (χ1v) is 11.4. The molecule has 1 aromatic rings. The topological polar surface area (TPSA) is 75.2 Å². The predicted molar refractivity (Wildman–Crippen MR) is 134 cm³/mol. The Morgan fingerprint density at radius 2 is 1.97 bits per heavy atom. The number of rotatable bonds is 9. The first-order valence-electron chi connectivity index (χ1n) is 11.4. The molecular formula is C23H37IN4O3. The van der Waals surface area contributed by atoms with Crippen LogP contribution in [0.4, 0.5) is 0 Å². The van der Waals surface area contributed by atoms with Crippen LogP contribution < -0.4 is 10.6 Å². The lowest BCUT2D eigenvalue weighted by molar-refractivity contribution is 0.0420.